The summed E-state index contributed by atoms with van der Waals surface area (Å²) in [6, 6.07) is 40.3. The molecular formula is C26H24Si. The summed E-state index contributed by atoms with van der Waals surface area (Å²) in [5.74, 6) is 0. The van der Waals surface area contributed by atoms with E-state index < -0.39 is 8.07 Å². The van der Waals surface area contributed by atoms with Crippen LogP contribution in [0.5, 0.6) is 0 Å². The van der Waals surface area contributed by atoms with Crippen molar-refractivity contribution in [3.8, 4) is 0 Å². The number of aryl methyl sites for hydroxylation is 2. The van der Waals surface area contributed by atoms with Crippen molar-refractivity contribution in [3.05, 3.63) is 120 Å². The lowest BCUT2D eigenvalue weighted by Crippen LogP contribution is -2.74. The Balaban J connectivity index is 2.16. The second-order valence-electron chi connectivity index (χ2n) is 7.22. The zero-order chi connectivity index (χ0) is 18.7. The highest BCUT2D eigenvalue weighted by atomic mass is 28.3. The van der Waals surface area contributed by atoms with Crippen LogP contribution in [0.25, 0.3) is 0 Å². The molecule has 0 saturated heterocycles. The molecule has 0 nitrogen and oxygen atoms in total. The van der Waals surface area contributed by atoms with E-state index in [1.807, 2.05) is 0 Å². The Bertz CT molecular complexity index is 949. The van der Waals surface area contributed by atoms with Gasteiger partial charge in [-0.25, -0.2) is 0 Å². The number of hydrogen-bond acceptors (Lipinski definition) is 0. The van der Waals surface area contributed by atoms with E-state index in [0.29, 0.717) is 0 Å². The minimum Gasteiger partial charge on any atom is -0.0623 e. The van der Waals surface area contributed by atoms with Gasteiger partial charge in [-0.3, -0.25) is 0 Å². The molecule has 0 aliphatic rings. The molecule has 0 atom stereocenters. The second kappa shape index (κ2) is 7.38. The monoisotopic (exact) mass is 364 g/mol. The van der Waals surface area contributed by atoms with Crippen LogP contribution in [0, 0.1) is 13.8 Å². The van der Waals surface area contributed by atoms with E-state index in [-0.39, 0.29) is 0 Å². The third kappa shape index (κ3) is 3.15. The Kier molecular flexibility index (Phi) is 4.78. The number of hydrogen-bond donors (Lipinski definition) is 0. The Morgan fingerprint density at radius 1 is 0.407 bits per heavy atom. The fourth-order valence-electron chi connectivity index (χ4n) is 4.13. The van der Waals surface area contributed by atoms with Crippen LogP contribution in [0.3, 0.4) is 0 Å². The standard InChI is InChI=1S/C26H24Si/c1-21-11-9-17-25(19-21)27(23-13-5-3-6-14-23,24-15-7-4-8-16-24)26-18-10-12-22(2)20-26/h3-20H,1-2H3. The van der Waals surface area contributed by atoms with E-state index in [2.05, 4.69) is 123 Å². The summed E-state index contributed by atoms with van der Waals surface area (Å²) in [6.45, 7) is 4.38. The molecule has 1 heteroatoms. The molecule has 0 aromatic heterocycles. The summed E-state index contributed by atoms with van der Waals surface area (Å²) in [5.41, 5.74) is 2.62. The Hall–Kier alpha value is -2.90. The first-order chi connectivity index (χ1) is 13.2. The molecule has 0 saturated carbocycles. The van der Waals surface area contributed by atoms with Gasteiger partial charge >= 0.3 is 0 Å². The van der Waals surface area contributed by atoms with Crippen LogP contribution in [0.4, 0.5) is 0 Å². The zero-order valence-corrected chi connectivity index (χ0v) is 16.9. The first-order valence-electron chi connectivity index (χ1n) is 9.46. The second-order valence-corrected chi connectivity index (χ2v) is 11.0. The fraction of sp³-hybridized carbons (Fsp3) is 0.0769. The maximum absolute atomic E-state index is 2.38. The largest absolute Gasteiger partial charge is 0.179 e. The van der Waals surface area contributed by atoms with E-state index in [1.54, 1.807) is 0 Å². The summed E-state index contributed by atoms with van der Waals surface area (Å²) in [7, 11) is -2.36. The van der Waals surface area contributed by atoms with Crippen molar-refractivity contribution >= 4 is 28.8 Å². The lowest BCUT2D eigenvalue weighted by atomic mass is 10.2. The molecule has 0 radical (unpaired) electrons. The average molecular weight is 365 g/mol. The summed E-state index contributed by atoms with van der Waals surface area (Å²) in [6.07, 6.45) is 0. The van der Waals surface area contributed by atoms with Gasteiger partial charge in [0.15, 0.2) is 8.07 Å². The highest BCUT2D eigenvalue weighted by Gasteiger charge is 2.41. The summed E-state index contributed by atoms with van der Waals surface area (Å²) < 4.78 is 0. The molecule has 4 aromatic carbocycles. The molecule has 0 spiro atoms. The molecule has 0 fully saturated rings. The van der Waals surface area contributed by atoms with E-state index in [0.717, 1.165) is 0 Å². The van der Waals surface area contributed by atoms with Crippen molar-refractivity contribution in [2.45, 2.75) is 13.8 Å². The van der Waals surface area contributed by atoms with Crippen LogP contribution in [0.15, 0.2) is 109 Å². The van der Waals surface area contributed by atoms with Crippen LogP contribution in [0.1, 0.15) is 11.1 Å². The van der Waals surface area contributed by atoms with Crippen molar-refractivity contribution < 1.29 is 0 Å². The van der Waals surface area contributed by atoms with E-state index >= 15 is 0 Å². The van der Waals surface area contributed by atoms with Gasteiger partial charge in [-0.1, -0.05) is 120 Å². The zero-order valence-electron chi connectivity index (χ0n) is 15.9. The summed E-state index contributed by atoms with van der Waals surface area (Å²) in [4.78, 5) is 0. The Morgan fingerprint density at radius 2 is 0.778 bits per heavy atom. The minimum atomic E-state index is -2.36. The Labute approximate surface area is 163 Å². The summed E-state index contributed by atoms with van der Waals surface area (Å²) in [5, 5.41) is 5.72. The van der Waals surface area contributed by atoms with E-state index in [4.69, 9.17) is 0 Å². The topological polar surface area (TPSA) is 0 Å². The molecule has 0 N–H and O–H groups in total. The van der Waals surface area contributed by atoms with Crippen LogP contribution in [0.2, 0.25) is 0 Å². The van der Waals surface area contributed by atoms with Gasteiger partial charge in [0.2, 0.25) is 0 Å². The molecule has 0 heterocycles. The van der Waals surface area contributed by atoms with Crippen LogP contribution in [-0.2, 0) is 0 Å². The van der Waals surface area contributed by atoms with Gasteiger partial charge in [-0.2, -0.15) is 0 Å². The van der Waals surface area contributed by atoms with Crippen molar-refractivity contribution in [2.75, 3.05) is 0 Å². The molecule has 4 rings (SSSR count). The van der Waals surface area contributed by atoms with Crippen LogP contribution < -0.4 is 20.7 Å². The van der Waals surface area contributed by atoms with Crippen molar-refractivity contribution in [3.63, 3.8) is 0 Å². The third-order valence-corrected chi connectivity index (χ3v) is 10.1. The maximum Gasteiger partial charge on any atom is 0.179 e. The predicted octanol–water partition coefficient (Wildman–Crippen LogP) is 3.68. The molecule has 132 valence electrons. The number of benzene rings is 4. The maximum atomic E-state index is 2.38. The molecule has 0 amide bonds. The minimum absolute atomic E-state index is 1.31. The van der Waals surface area contributed by atoms with Crippen molar-refractivity contribution in [1.29, 1.82) is 0 Å². The van der Waals surface area contributed by atoms with Gasteiger partial charge in [-0.05, 0) is 34.6 Å². The molecule has 0 aliphatic heterocycles. The molecule has 4 aromatic rings. The Morgan fingerprint density at radius 3 is 1.15 bits per heavy atom. The highest BCUT2D eigenvalue weighted by molar-refractivity contribution is 7.19. The lowest BCUT2D eigenvalue weighted by molar-refractivity contribution is 1.48. The average Bonchev–Trinajstić information content (AvgIpc) is 2.71. The van der Waals surface area contributed by atoms with Gasteiger partial charge in [0.05, 0.1) is 0 Å². The molecular weight excluding hydrogens is 340 g/mol. The smallest absolute Gasteiger partial charge is 0.0623 e. The summed E-state index contributed by atoms with van der Waals surface area (Å²) >= 11 is 0. The molecule has 0 unspecified atom stereocenters. The van der Waals surface area contributed by atoms with E-state index in [9.17, 15) is 0 Å². The molecule has 0 bridgehead atoms. The molecule has 27 heavy (non-hydrogen) atoms. The number of rotatable bonds is 4. The van der Waals surface area contributed by atoms with Gasteiger partial charge in [-0.15, -0.1) is 0 Å². The third-order valence-electron chi connectivity index (χ3n) is 5.32. The van der Waals surface area contributed by atoms with Gasteiger partial charge in [0.1, 0.15) is 0 Å². The van der Waals surface area contributed by atoms with Crippen molar-refractivity contribution in [1.82, 2.24) is 0 Å². The normalized spacial score (nSPS) is 11.3. The van der Waals surface area contributed by atoms with Crippen LogP contribution in [-0.4, -0.2) is 8.07 Å². The SMILES string of the molecule is Cc1cccc([Si](c2ccccc2)(c2ccccc2)c2cccc(C)c2)c1. The fourth-order valence-corrected chi connectivity index (χ4v) is 9.10. The predicted molar refractivity (Wildman–Crippen MR) is 120 cm³/mol. The first kappa shape index (κ1) is 17.5. The van der Waals surface area contributed by atoms with Crippen molar-refractivity contribution in [2.24, 2.45) is 0 Å². The van der Waals surface area contributed by atoms with E-state index in [1.165, 1.54) is 31.9 Å². The van der Waals surface area contributed by atoms with Gasteiger partial charge < -0.3 is 0 Å². The van der Waals surface area contributed by atoms with Gasteiger partial charge in [0.25, 0.3) is 0 Å². The molecule has 0 aliphatic carbocycles. The quantitative estimate of drug-likeness (QED) is 0.383. The highest BCUT2D eigenvalue weighted by Crippen LogP contribution is 2.11. The lowest BCUT2D eigenvalue weighted by Gasteiger charge is -2.34. The van der Waals surface area contributed by atoms with Gasteiger partial charge in [0, 0.05) is 0 Å². The first-order valence-corrected chi connectivity index (χ1v) is 11.5. The van der Waals surface area contributed by atoms with Crippen LogP contribution >= 0.6 is 0 Å².